The number of primary amides is 1. The van der Waals surface area contributed by atoms with Crippen molar-refractivity contribution >= 4 is 17.1 Å². The lowest BCUT2D eigenvalue weighted by molar-refractivity contribution is 0.205. The topological polar surface area (TPSA) is 81.1 Å². The van der Waals surface area contributed by atoms with Gasteiger partial charge in [0, 0.05) is 6.54 Å². The summed E-state index contributed by atoms with van der Waals surface area (Å²) in [5.41, 5.74) is 6.23. The molecule has 1 amide bonds. The molecule has 16 heavy (non-hydrogen) atoms. The molecule has 1 aromatic heterocycles. The minimum Gasteiger partial charge on any atom is -0.465 e. The summed E-state index contributed by atoms with van der Waals surface area (Å²) in [5.74, 6) is 0. The highest BCUT2D eigenvalue weighted by Crippen LogP contribution is 2.10. The van der Waals surface area contributed by atoms with E-state index < -0.39 is 6.09 Å². The first-order valence-electron chi connectivity index (χ1n) is 4.64. The van der Waals surface area contributed by atoms with Crippen molar-refractivity contribution in [3.05, 3.63) is 43.2 Å². The number of fused-ring (bicyclic) bond motifs is 1. The Morgan fingerprint density at radius 3 is 2.81 bits per heavy atom. The van der Waals surface area contributed by atoms with Crippen LogP contribution in [0, 0.1) is 0 Å². The summed E-state index contributed by atoms with van der Waals surface area (Å²) in [5, 5.41) is 7.19. The number of allylic oxidation sites excluding steroid dienone is 1. The van der Waals surface area contributed by atoms with E-state index in [2.05, 4.69) is 27.9 Å². The van der Waals surface area contributed by atoms with Crippen LogP contribution in [0.5, 0.6) is 0 Å². The third kappa shape index (κ3) is 3.13. The number of nitrogens with zero attached hydrogens (tertiary/aromatic N) is 2. The van der Waals surface area contributed by atoms with Crippen LogP contribution in [-0.2, 0) is 6.54 Å². The van der Waals surface area contributed by atoms with Gasteiger partial charge in [0.05, 0.1) is 17.4 Å². The van der Waals surface area contributed by atoms with Gasteiger partial charge in [-0.05, 0) is 12.1 Å². The summed E-state index contributed by atoms with van der Waals surface area (Å²) < 4.78 is 2.07. The van der Waals surface area contributed by atoms with E-state index in [1.165, 1.54) is 0 Å². The molecule has 3 N–H and O–H groups in total. The predicted molar refractivity (Wildman–Crippen MR) is 62.1 cm³/mol. The van der Waals surface area contributed by atoms with Crippen molar-refractivity contribution in [3.63, 3.8) is 0 Å². The highest BCUT2D eigenvalue weighted by Gasteiger charge is 1.97. The Morgan fingerprint density at radius 2 is 2.19 bits per heavy atom. The first-order valence-corrected chi connectivity index (χ1v) is 4.64. The second kappa shape index (κ2) is 5.55. The maximum absolute atomic E-state index is 8.78. The molecule has 84 valence electrons. The van der Waals surface area contributed by atoms with E-state index in [-0.39, 0.29) is 0 Å². The van der Waals surface area contributed by atoms with Gasteiger partial charge in [-0.25, -0.2) is 9.78 Å². The molecule has 2 rings (SSSR count). The van der Waals surface area contributed by atoms with Crippen LogP contribution in [0.1, 0.15) is 0 Å². The van der Waals surface area contributed by atoms with Crippen molar-refractivity contribution in [1.82, 2.24) is 9.55 Å². The fourth-order valence-corrected chi connectivity index (χ4v) is 1.29. The monoisotopic (exact) mass is 219 g/mol. The molecule has 0 saturated carbocycles. The van der Waals surface area contributed by atoms with E-state index >= 15 is 0 Å². The Balaban J connectivity index is 0.000000280. The highest BCUT2D eigenvalue weighted by molar-refractivity contribution is 5.74. The lowest BCUT2D eigenvalue weighted by Gasteiger charge is -1.97. The van der Waals surface area contributed by atoms with Crippen LogP contribution >= 0.6 is 0 Å². The fourth-order valence-electron chi connectivity index (χ4n) is 1.29. The lowest BCUT2D eigenvalue weighted by Crippen LogP contribution is -2.03. The van der Waals surface area contributed by atoms with Gasteiger partial charge in [0.1, 0.15) is 0 Å². The predicted octanol–water partition coefficient (Wildman–Crippen LogP) is 1.85. The van der Waals surface area contributed by atoms with E-state index in [4.69, 9.17) is 9.90 Å². The van der Waals surface area contributed by atoms with Crippen molar-refractivity contribution in [2.75, 3.05) is 0 Å². The van der Waals surface area contributed by atoms with Gasteiger partial charge in [-0.3, -0.25) is 0 Å². The second-order valence-corrected chi connectivity index (χ2v) is 3.01. The molecule has 0 aliphatic carbocycles. The summed E-state index contributed by atoms with van der Waals surface area (Å²) in [6, 6.07) is 8.08. The normalized spacial score (nSPS) is 9.25. The molecule has 2 aromatic rings. The number of rotatable bonds is 2. The Bertz CT molecular complexity index is 487. The van der Waals surface area contributed by atoms with Crippen molar-refractivity contribution in [2.45, 2.75) is 6.54 Å². The maximum Gasteiger partial charge on any atom is 0.402 e. The van der Waals surface area contributed by atoms with Crippen LogP contribution in [0.2, 0.25) is 0 Å². The molecular weight excluding hydrogens is 206 g/mol. The number of hydrogen-bond acceptors (Lipinski definition) is 2. The molecule has 0 bridgehead atoms. The smallest absolute Gasteiger partial charge is 0.402 e. The molecular formula is C11H13N3O2. The van der Waals surface area contributed by atoms with Crippen LogP contribution in [0.25, 0.3) is 11.0 Å². The summed E-state index contributed by atoms with van der Waals surface area (Å²) in [6.07, 6.45) is 2.38. The SMILES string of the molecule is C=CCn1cnc2ccccc21.NC(=O)O. The Labute approximate surface area is 92.8 Å². The number of benzene rings is 1. The van der Waals surface area contributed by atoms with E-state index in [1.807, 2.05) is 30.6 Å². The number of nitrogens with two attached hydrogens (primary N) is 1. The molecule has 5 heteroatoms. The number of aromatic nitrogens is 2. The lowest BCUT2D eigenvalue weighted by atomic mass is 10.3. The van der Waals surface area contributed by atoms with Gasteiger partial charge in [0.15, 0.2) is 0 Å². The Hall–Kier alpha value is -2.30. The van der Waals surface area contributed by atoms with Crippen LogP contribution in [0.3, 0.4) is 0 Å². The number of para-hydroxylation sites is 2. The average molecular weight is 219 g/mol. The van der Waals surface area contributed by atoms with Gasteiger partial charge in [0.25, 0.3) is 0 Å². The van der Waals surface area contributed by atoms with E-state index in [1.54, 1.807) is 0 Å². The largest absolute Gasteiger partial charge is 0.465 e. The third-order valence-electron chi connectivity index (χ3n) is 1.85. The van der Waals surface area contributed by atoms with Crippen LogP contribution < -0.4 is 5.73 Å². The number of carbonyl (C=O) groups is 1. The van der Waals surface area contributed by atoms with Gasteiger partial charge in [0.2, 0.25) is 0 Å². The third-order valence-corrected chi connectivity index (χ3v) is 1.85. The van der Waals surface area contributed by atoms with Gasteiger partial charge in [-0.2, -0.15) is 0 Å². The second-order valence-electron chi connectivity index (χ2n) is 3.01. The quantitative estimate of drug-likeness (QED) is 0.756. The number of amides is 1. The van der Waals surface area contributed by atoms with Crippen molar-refractivity contribution < 1.29 is 9.90 Å². The van der Waals surface area contributed by atoms with Crippen molar-refractivity contribution in [2.24, 2.45) is 5.73 Å². The zero-order chi connectivity index (χ0) is 12.0. The molecule has 0 aliphatic rings. The summed E-state index contributed by atoms with van der Waals surface area (Å²) in [4.78, 5) is 13.0. The van der Waals surface area contributed by atoms with Gasteiger partial charge < -0.3 is 15.4 Å². The number of carboxylic acid groups (broad SMARTS) is 1. The molecule has 0 radical (unpaired) electrons. The zero-order valence-corrected chi connectivity index (χ0v) is 8.71. The average Bonchev–Trinajstić information content (AvgIpc) is 2.62. The molecule has 0 aliphatic heterocycles. The fraction of sp³-hybridized carbons (Fsp3) is 0.0909. The van der Waals surface area contributed by atoms with E-state index in [0.717, 1.165) is 17.6 Å². The molecule has 1 heterocycles. The molecule has 0 unspecified atom stereocenters. The Kier molecular flexibility index (Phi) is 4.08. The summed E-state index contributed by atoms with van der Waals surface area (Å²) in [7, 11) is 0. The zero-order valence-electron chi connectivity index (χ0n) is 8.71. The molecule has 0 atom stereocenters. The van der Waals surface area contributed by atoms with E-state index in [9.17, 15) is 0 Å². The molecule has 0 fully saturated rings. The Morgan fingerprint density at radius 1 is 1.56 bits per heavy atom. The van der Waals surface area contributed by atoms with Gasteiger partial charge in [-0.15, -0.1) is 6.58 Å². The van der Waals surface area contributed by atoms with Crippen molar-refractivity contribution in [1.29, 1.82) is 0 Å². The van der Waals surface area contributed by atoms with E-state index in [0.29, 0.717) is 0 Å². The minimum absolute atomic E-state index is 0.820. The summed E-state index contributed by atoms with van der Waals surface area (Å²) in [6.45, 7) is 4.51. The summed E-state index contributed by atoms with van der Waals surface area (Å²) >= 11 is 0. The first-order chi connectivity index (χ1) is 7.65. The number of imidazole rings is 1. The molecule has 0 saturated heterocycles. The maximum atomic E-state index is 8.78. The molecule has 1 aromatic carbocycles. The number of hydrogen-bond donors (Lipinski definition) is 2. The minimum atomic E-state index is -1.33. The van der Waals surface area contributed by atoms with Crippen LogP contribution in [0.4, 0.5) is 4.79 Å². The molecule has 0 spiro atoms. The molecule has 5 nitrogen and oxygen atoms in total. The van der Waals surface area contributed by atoms with Gasteiger partial charge >= 0.3 is 6.09 Å². The standard InChI is InChI=1S/C10H10N2.CH3NO2/c1-2-7-12-8-11-9-5-3-4-6-10(9)12;2-1(3)4/h2-6,8H,1,7H2;2H2,(H,3,4). The first kappa shape index (κ1) is 11.8. The van der Waals surface area contributed by atoms with Gasteiger partial charge in [-0.1, -0.05) is 18.2 Å². The van der Waals surface area contributed by atoms with Crippen molar-refractivity contribution in [3.8, 4) is 0 Å². The van der Waals surface area contributed by atoms with Crippen LogP contribution in [0.15, 0.2) is 43.2 Å². The highest BCUT2D eigenvalue weighted by atomic mass is 16.4. The van der Waals surface area contributed by atoms with Crippen LogP contribution in [-0.4, -0.2) is 20.8 Å².